The lowest BCUT2D eigenvalue weighted by Gasteiger charge is -2.20. The number of fused-ring (bicyclic) bond motifs is 1. The number of hydrogen-bond acceptors (Lipinski definition) is 3. The van der Waals surface area contributed by atoms with Crippen LogP contribution in [0.3, 0.4) is 0 Å². The van der Waals surface area contributed by atoms with Gasteiger partial charge < -0.3 is 9.88 Å². The highest BCUT2D eigenvalue weighted by molar-refractivity contribution is 5.22. The summed E-state index contributed by atoms with van der Waals surface area (Å²) in [5.74, 6) is 1.01. The molecule has 6 heteroatoms. The second-order valence-electron chi connectivity index (χ2n) is 5.51. The van der Waals surface area contributed by atoms with Crippen LogP contribution in [0.25, 0.3) is 0 Å². The molecule has 2 aromatic rings. The van der Waals surface area contributed by atoms with Crippen molar-refractivity contribution in [3.05, 3.63) is 47.0 Å². The Morgan fingerprint density at radius 1 is 1.19 bits per heavy atom. The molecule has 2 heterocycles. The van der Waals surface area contributed by atoms with Gasteiger partial charge in [-0.05, 0) is 38.5 Å². The first-order valence-electron chi connectivity index (χ1n) is 7.19. The normalized spacial score (nSPS) is 16.8. The Balaban J connectivity index is 1.77. The van der Waals surface area contributed by atoms with E-state index in [2.05, 4.69) is 20.1 Å². The van der Waals surface area contributed by atoms with Crippen molar-refractivity contribution in [3.63, 3.8) is 0 Å². The van der Waals surface area contributed by atoms with Crippen LogP contribution in [0.1, 0.15) is 49.6 Å². The molecular formula is C15H18F2N4. The molecule has 0 bridgehead atoms. The number of hydrogen-bond donors (Lipinski definition) is 1. The number of halogens is 2. The number of aromatic nitrogens is 3. The number of aryl methyl sites for hydroxylation is 1. The minimum atomic E-state index is -0.434. The Kier molecular flexibility index (Phi) is 3.71. The zero-order valence-corrected chi connectivity index (χ0v) is 12.1. The summed E-state index contributed by atoms with van der Waals surface area (Å²) in [6, 6.07) is 3.11. The predicted molar refractivity (Wildman–Crippen MR) is 74.7 cm³/mol. The summed E-state index contributed by atoms with van der Waals surface area (Å²) in [5.41, 5.74) is 0.322. The summed E-state index contributed by atoms with van der Waals surface area (Å²) in [6.07, 6.45) is 2.03. The molecule has 2 atom stereocenters. The van der Waals surface area contributed by atoms with E-state index >= 15 is 0 Å². The van der Waals surface area contributed by atoms with Gasteiger partial charge in [-0.2, -0.15) is 0 Å². The van der Waals surface area contributed by atoms with Gasteiger partial charge in [0.2, 0.25) is 0 Å². The Hall–Kier alpha value is -1.82. The van der Waals surface area contributed by atoms with E-state index in [9.17, 15) is 8.78 Å². The van der Waals surface area contributed by atoms with Crippen LogP contribution in [-0.2, 0) is 13.0 Å². The van der Waals surface area contributed by atoms with E-state index in [1.807, 2.05) is 13.8 Å². The molecule has 1 aromatic heterocycles. The molecule has 0 aliphatic carbocycles. The molecule has 2 unspecified atom stereocenters. The van der Waals surface area contributed by atoms with Crippen molar-refractivity contribution in [2.24, 2.45) is 0 Å². The van der Waals surface area contributed by atoms with Crippen LogP contribution >= 0.6 is 0 Å². The van der Waals surface area contributed by atoms with Crippen LogP contribution in [0.2, 0.25) is 0 Å². The lowest BCUT2D eigenvalue weighted by atomic mass is 10.1. The highest BCUT2D eigenvalue weighted by Gasteiger charge is 2.23. The number of benzene rings is 1. The molecule has 0 radical (unpaired) electrons. The number of nitrogens with one attached hydrogen (secondary N) is 1. The fraction of sp³-hybridized carbons (Fsp3) is 0.467. The summed E-state index contributed by atoms with van der Waals surface area (Å²) in [7, 11) is 0. The third-order valence-corrected chi connectivity index (χ3v) is 3.95. The summed E-state index contributed by atoms with van der Waals surface area (Å²) < 4.78 is 29.2. The van der Waals surface area contributed by atoms with Gasteiger partial charge in [-0.15, -0.1) is 10.2 Å². The van der Waals surface area contributed by atoms with Gasteiger partial charge in [0.05, 0.1) is 6.04 Å². The lowest BCUT2D eigenvalue weighted by Crippen LogP contribution is -2.25. The van der Waals surface area contributed by atoms with Crippen molar-refractivity contribution >= 4 is 0 Å². The molecule has 0 spiro atoms. The first-order chi connectivity index (χ1) is 10.1. The standard InChI is InChI=1S/C15H18F2N4/c1-9(12-8-11(16)5-6-13(12)17)18-10(2)15-20-19-14-4-3-7-21(14)15/h5-6,8-10,18H,3-4,7H2,1-2H3. The average molecular weight is 292 g/mol. The highest BCUT2D eigenvalue weighted by Crippen LogP contribution is 2.24. The van der Waals surface area contributed by atoms with Gasteiger partial charge in [0.25, 0.3) is 0 Å². The topological polar surface area (TPSA) is 42.7 Å². The molecule has 0 amide bonds. The molecule has 112 valence electrons. The van der Waals surface area contributed by atoms with E-state index in [0.717, 1.165) is 43.2 Å². The van der Waals surface area contributed by atoms with E-state index in [-0.39, 0.29) is 12.1 Å². The van der Waals surface area contributed by atoms with Crippen molar-refractivity contribution in [3.8, 4) is 0 Å². The van der Waals surface area contributed by atoms with E-state index in [1.54, 1.807) is 0 Å². The molecule has 0 saturated carbocycles. The van der Waals surface area contributed by atoms with E-state index in [4.69, 9.17) is 0 Å². The molecule has 1 N–H and O–H groups in total. The Morgan fingerprint density at radius 2 is 2.00 bits per heavy atom. The fourth-order valence-electron chi connectivity index (χ4n) is 2.88. The maximum atomic E-state index is 13.8. The third kappa shape index (κ3) is 2.68. The first kappa shape index (κ1) is 14.1. The third-order valence-electron chi connectivity index (χ3n) is 3.95. The van der Waals surface area contributed by atoms with Gasteiger partial charge in [-0.1, -0.05) is 0 Å². The first-order valence-corrected chi connectivity index (χ1v) is 7.19. The van der Waals surface area contributed by atoms with Crippen molar-refractivity contribution in [1.29, 1.82) is 0 Å². The van der Waals surface area contributed by atoms with Crippen LogP contribution in [0.4, 0.5) is 8.78 Å². The van der Waals surface area contributed by atoms with Gasteiger partial charge in [0.15, 0.2) is 0 Å². The molecule has 1 aliphatic heterocycles. The quantitative estimate of drug-likeness (QED) is 0.942. The minimum Gasteiger partial charge on any atom is -0.314 e. The maximum Gasteiger partial charge on any atom is 0.149 e. The average Bonchev–Trinajstić information content (AvgIpc) is 3.03. The number of nitrogens with zero attached hydrogens (tertiary/aromatic N) is 3. The summed E-state index contributed by atoms with van der Waals surface area (Å²) >= 11 is 0. The van der Waals surface area contributed by atoms with Crippen LogP contribution < -0.4 is 5.32 Å². The largest absolute Gasteiger partial charge is 0.314 e. The molecular weight excluding hydrogens is 274 g/mol. The van der Waals surface area contributed by atoms with Gasteiger partial charge in [-0.25, -0.2) is 8.78 Å². The smallest absolute Gasteiger partial charge is 0.149 e. The van der Waals surface area contributed by atoms with Crippen molar-refractivity contribution < 1.29 is 8.78 Å². The summed E-state index contributed by atoms with van der Waals surface area (Å²) in [5, 5.41) is 11.6. The molecule has 0 fully saturated rings. The predicted octanol–water partition coefficient (Wildman–Crippen LogP) is 2.91. The summed E-state index contributed by atoms with van der Waals surface area (Å²) in [6.45, 7) is 4.70. The zero-order chi connectivity index (χ0) is 15.0. The van der Waals surface area contributed by atoms with Gasteiger partial charge in [0, 0.05) is 24.6 Å². The van der Waals surface area contributed by atoms with Gasteiger partial charge in [-0.3, -0.25) is 0 Å². The van der Waals surface area contributed by atoms with Crippen LogP contribution in [0.15, 0.2) is 18.2 Å². The minimum absolute atomic E-state index is 0.0815. The molecule has 21 heavy (non-hydrogen) atoms. The SMILES string of the molecule is CC(NC(C)c1nnc2n1CCC2)c1cc(F)ccc1F. The monoisotopic (exact) mass is 292 g/mol. The zero-order valence-electron chi connectivity index (χ0n) is 12.1. The highest BCUT2D eigenvalue weighted by atomic mass is 19.1. The Labute approximate surface area is 122 Å². The molecule has 1 aliphatic rings. The molecule has 1 aromatic carbocycles. The summed E-state index contributed by atoms with van der Waals surface area (Å²) in [4.78, 5) is 0. The second-order valence-corrected chi connectivity index (χ2v) is 5.51. The molecule has 3 rings (SSSR count). The van der Waals surface area contributed by atoms with Crippen molar-refractivity contribution in [2.75, 3.05) is 0 Å². The van der Waals surface area contributed by atoms with Crippen molar-refractivity contribution in [2.45, 2.75) is 45.3 Å². The van der Waals surface area contributed by atoms with Crippen LogP contribution in [0, 0.1) is 11.6 Å². The van der Waals surface area contributed by atoms with Crippen molar-refractivity contribution in [1.82, 2.24) is 20.1 Å². The Bertz CT molecular complexity index is 653. The number of rotatable bonds is 4. The van der Waals surface area contributed by atoms with Crippen LogP contribution in [-0.4, -0.2) is 14.8 Å². The van der Waals surface area contributed by atoms with Gasteiger partial charge in [0.1, 0.15) is 23.3 Å². The van der Waals surface area contributed by atoms with E-state index < -0.39 is 11.6 Å². The second kappa shape index (κ2) is 5.52. The maximum absolute atomic E-state index is 13.8. The Morgan fingerprint density at radius 3 is 2.81 bits per heavy atom. The van der Waals surface area contributed by atoms with Gasteiger partial charge >= 0.3 is 0 Å². The van der Waals surface area contributed by atoms with Crippen LogP contribution in [0.5, 0.6) is 0 Å². The van der Waals surface area contributed by atoms with E-state index in [0.29, 0.717) is 5.56 Å². The molecule has 4 nitrogen and oxygen atoms in total. The van der Waals surface area contributed by atoms with E-state index in [1.165, 1.54) is 6.07 Å². The fourth-order valence-corrected chi connectivity index (χ4v) is 2.88. The molecule has 0 saturated heterocycles. The lowest BCUT2D eigenvalue weighted by molar-refractivity contribution is 0.444.